The highest BCUT2D eigenvalue weighted by molar-refractivity contribution is 5.60. The van der Waals surface area contributed by atoms with Crippen LogP contribution in [0.1, 0.15) is 18.9 Å². The first-order valence-corrected chi connectivity index (χ1v) is 6.45. The van der Waals surface area contributed by atoms with Crippen molar-refractivity contribution in [3.63, 3.8) is 0 Å². The molecule has 6 nitrogen and oxygen atoms in total. The van der Waals surface area contributed by atoms with Gasteiger partial charge in [-0.3, -0.25) is 0 Å². The minimum Gasteiger partial charge on any atom is -0.429 e. The van der Waals surface area contributed by atoms with E-state index in [4.69, 9.17) is 14.2 Å². The molecule has 20 heavy (non-hydrogen) atoms. The van der Waals surface area contributed by atoms with Crippen LogP contribution in [-0.4, -0.2) is 41.0 Å². The van der Waals surface area contributed by atoms with Gasteiger partial charge in [0.05, 0.1) is 12.2 Å². The number of rotatable bonds is 3. The average Bonchev–Trinajstić information content (AvgIpc) is 2.44. The Morgan fingerprint density at radius 1 is 1.30 bits per heavy atom. The molecule has 1 heterocycles. The fourth-order valence-corrected chi connectivity index (χ4v) is 1.89. The number of carbonyl (C=O) groups is 1. The van der Waals surface area contributed by atoms with Crippen molar-refractivity contribution in [3.8, 4) is 0 Å². The largest absolute Gasteiger partial charge is 0.511 e. The minimum atomic E-state index is -1.11. The normalized spacial score (nSPS) is 29.8. The maximum absolute atomic E-state index is 11.5. The topological polar surface area (TPSA) is 85.2 Å². The van der Waals surface area contributed by atoms with E-state index in [1.807, 2.05) is 30.3 Å². The SMILES string of the molecule is CC1OC(OC(=O)OCc2ccccc2)C(O)CC1O. The van der Waals surface area contributed by atoms with E-state index in [2.05, 4.69) is 0 Å². The van der Waals surface area contributed by atoms with Crippen LogP contribution in [0, 0.1) is 0 Å². The predicted molar refractivity (Wildman–Crippen MR) is 68.7 cm³/mol. The number of hydrogen-bond acceptors (Lipinski definition) is 6. The summed E-state index contributed by atoms with van der Waals surface area (Å²) in [6.07, 6.45) is -4.28. The number of benzene rings is 1. The van der Waals surface area contributed by atoms with Crippen LogP contribution >= 0.6 is 0 Å². The molecule has 0 radical (unpaired) electrons. The zero-order chi connectivity index (χ0) is 14.5. The summed E-state index contributed by atoms with van der Waals surface area (Å²) < 4.78 is 15.0. The molecule has 0 spiro atoms. The van der Waals surface area contributed by atoms with Crippen molar-refractivity contribution < 1.29 is 29.2 Å². The van der Waals surface area contributed by atoms with Gasteiger partial charge >= 0.3 is 6.16 Å². The van der Waals surface area contributed by atoms with E-state index in [1.165, 1.54) is 0 Å². The van der Waals surface area contributed by atoms with Crippen LogP contribution in [0.4, 0.5) is 4.79 Å². The lowest BCUT2D eigenvalue weighted by Crippen LogP contribution is -2.47. The van der Waals surface area contributed by atoms with Crippen LogP contribution in [0.5, 0.6) is 0 Å². The fourth-order valence-electron chi connectivity index (χ4n) is 1.89. The second-order valence-corrected chi connectivity index (χ2v) is 4.72. The van der Waals surface area contributed by atoms with Crippen LogP contribution in [0.2, 0.25) is 0 Å². The van der Waals surface area contributed by atoms with Crippen molar-refractivity contribution in [1.29, 1.82) is 0 Å². The monoisotopic (exact) mass is 282 g/mol. The van der Waals surface area contributed by atoms with E-state index in [9.17, 15) is 15.0 Å². The molecule has 0 aliphatic carbocycles. The summed E-state index contributed by atoms with van der Waals surface area (Å²) in [4.78, 5) is 11.5. The number of carbonyl (C=O) groups excluding carboxylic acids is 1. The Balaban J connectivity index is 1.79. The van der Waals surface area contributed by atoms with Crippen LogP contribution in [0.3, 0.4) is 0 Å². The van der Waals surface area contributed by atoms with Gasteiger partial charge in [0, 0.05) is 6.42 Å². The maximum atomic E-state index is 11.5. The van der Waals surface area contributed by atoms with Gasteiger partial charge in [0.1, 0.15) is 12.7 Å². The molecule has 4 unspecified atom stereocenters. The van der Waals surface area contributed by atoms with Gasteiger partial charge in [0.25, 0.3) is 0 Å². The Labute approximate surface area is 116 Å². The molecule has 0 aromatic heterocycles. The van der Waals surface area contributed by atoms with Crippen LogP contribution in [-0.2, 0) is 20.8 Å². The zero-order valence-corrected chi connectivity index (χ0v) is 11.1. The van der Waals surface area contributed by atoms with Gasteiger partial charge < -0.3 is 24.4 Å². The Hall–Kier alpha value is -1.63. The van der Waals surface area contributed by atoms with Gasteiger partial charge in [0.2, 0.25) is 6.29 Å². The number of aliphatic hydroxyl groups is 2. The third-order valence-corrected chi connectivity index (χ3v) is 3.10. The second-order valence-electron chi connectivity index (χ2n) is 4.72. The van der Waals surface area contributed by atoms with Gasteiger partial charge in [-0.25, -0.2) is 4.79 Å². The van der Waals surface area contributed by atoms with Gasteiger partial charge in [-0.15, -0.1) is 0 Å². The molecular weight excluding hydrogens is 264 g/mol. The van der Waals surface area contributed by atoms with Crippen molar-refractivity contribution in [1.82, 2.24) is 0 Å². The van der Waals surface area contributed by atoms with E-state index in [-0.39, 0.29) is 13.0 Å². The summed E-state index contributed by atoms with van der Waals surface area (Å²) in [5.74, 6) is 0. The predicted octanol–water partition coefficient (Wildman–Crippen LogP) is 1.20. The van der Waals surface area contributed by atoms with Crippen molar-refractivity contribution in [2.45, 2.75) is 44.6 Å². The Morgan fingerprint density at radius 3 is 2.70 bits per heavy atom. The molecule has 0 bridgehead atoms. The smallest absolute Gasteiger partial charge is 0.429 e. The van der Waals surface area contributed by atoms with Crippen molar-refractivity contribution in [3.05, 3.63) is 35.9 Å². The Bertz CT molecular complexity index is 435. The van der Waals surface area contributed by atoms with E-state index >= 15 is 0 Å². The molecule has 2 N–H and O–H groups in total. The molecule has 1 aromatic rings. The molecule has 1 aliphatic heterocycles. The summed E-state index contributed by atoms with van der Waals surface area (Å²) in [5.41, 5.74) is 0.832. The third-order valence-electron chi connectivity index (χ3n) is 3.10. The number of aliphatic hydroxyl groups excluding tert-OH is 2. The third kappa shape index (κ3) is 3.93. The van der Waals surface area contributed by atoms with Crippen molar-refractivity contribution in [2.24, 2.45) is 0 Å². The molecule has 4 atom stereocenters. The molecule has 0 saturated carbocycles. The van der Waals surface area contributed by atoms with E-state index < -0.39 is 30.8 Å². The molecule has 110 valence electrons. The minimum absolute atomic E-state index is 0.0840. The summed E-state index contributed by atoms with van der Waals surface area (Å²) in [6, 6.07) is 9.16. The first-order chi connectivity index (χ1) is 9.56. The number of hydrogen-bond donors (Lipinski definition) is 2. The molecule has 1 fully saturated rings. The lowest BCUT2D eigenvalue weighted by atomic mass is 10.0. The standard InChI is InChI=1S/C14H18O6/c1-9-11(15)7-12(16)13(19-9)20-14(17)18-8-10-5-3-2-4-6-10/h2-6,9,11-13,15-16H,7-8H2,1H3. The van der Waals surface area contributed by atoms with Crippen molar-refractivity contribution in [2.75, 3.05) is 0 Å². The molecular formula is C14H18O6. The van der Waals surface area contributed by atoms with E-state index in [0.29, 0.717) is 0 Å². The Kier molecular flexibility index (Phi) is 4.94. The van der Waals surface area contributed by atoms with Gasteiger partial charge in [0.15, 0.2) is 0 Å². The molecule has 1 aromatic carbocycles. The lowest BCUT2D eigenvalue weighted by molar-refractivity contribution is -0.245. The van der Waals surface area contributed by atoms with Crippen LogP contribution in [0.25, 0.3) is 0 Å². The lowest BCUT2D eigenvalue weighted by Gasteiger charge is -2.34. The molecule has 6 heteroatoms. The Morgan fingerprint density at radius 2 is 2.00 bits per heavy atom. The first kappa shape index (κ1) is 14.8. The van der Waals surface area contributed by atoms with Crippen LogP contribution < -0.4 is 0 Å². The van der Waals surface area contributed by atoms with Gasteiger partial charge in [-0.1, -0.05) is 30.3 Å². The summed E-state index contributed by atoms with van der Waals surface area (Å²) >= 11 is 0. The maximum Gasteiger partial charge on any atom is 0.511 e. The zero-order valence-electron chi connectivity index (χ0n) is 11.1. The highest BCUT2D eigenvalue weighted by atomic mass is 16.8. The average molecular weight is 282 g/mol. The highest BCUT2D eigenvalue weighted by Crippen LogP contribution is 2.21. The summed E-state index contributed by atoms with van der Waals surface area (Å²) in [7, 11) is 0. The van der Waals surface area contributed by atoms with Gasteiger partial charge in [-0.05, 0) is 12.5 Å². The molecule has 2 rings (SSSR count). The molecule has 0 amide bonds. The summed E-state index contributed by atoms with van der Waals surface area (Å²) in [6.45, 7) is 1.73. The van der Waals surface area contributed by atoms with Crippen molar-refractivity contribution >= 4 is 6.16 Å². The first-order valence-electron chi connectivity index (χ1n) is 6.45. The summed E-state index contributed by atoms with van der Waals surface area (Å²) in [5, 5.41) is 19.2. The molecule has 1 saturated heterocycles. The van der Waals surface area contributed by atoms with E-state index in [0.717, 1.165) is 5.56 Å². The quantitative estimate of drug-likeness (QED) is 0.810. The van der Waals surface area contributed by atoms with E-state index in [1.54, 1.807) is 6.92 Å². The second kappa shape index (κ2) is 6.69. The van der Waals surface area contributed by atoms with Crippen LogP contribution in [0.15, 0.2) is 30.3 Å². The number of ether oxygens (including phenoxy) is 3. The fraction of sp³-hybridized carbons (Fsp3) is 0.500. The molecule has 1 aliphatic rings. The highest BCUT2D eigenvalue weighted by Gasteiger charge is 2.36. The van der Waals surface area contributed by atoms with Gasteiger partial charge in [-0.2, -0.15) is 0 Å².